The number of nitrogens with one attached hydrogen (secondary N) is 1. The predicted octanol–water partition coefficient (Wildman–Crippen LogP) is 5.31. The molecule has 0 bridgehead atoms. The summed E-state index contributed by atoms with van der Waals surface area (Å²) in [7, 11) is 1.70. The van der Waals surface area contributed by atoms with E-state index in [-0.39, 0.29) is 0 Å². The molecule has 0 atom stereocenters. The lowest BCUT2D eigenvalue weighted by Crippen LogP contribution is -2.34. The highest BCUT2D eigenvalue weighted by Crippen LogP contribution is 2.39. The van der Waals surface area contributed by atoms with Gasteiger partial charge >= 0.3 is 0 Å². The van der Waals surface area contributed by atoms with Gasteiger partial charge in [-0.05, 0) is 77.2 Å². The summed E-state index contributed by atoms with van der Waals surface area (Å²) < 4.78 is 6.37. The van der Waals surface area contributed by atoms with Crippen molar-refractivity contribution in [1.82, 2.24) is 0 Å². The van der Waals surface area contributed by atoms with Crippen molar-refractivity contribution < 1.29 is 4.74 Å². The lowest BCUT2D eigenvalue weighted by Gasteiger charge is -2.37. The van der Waals surface area contributed by atoms with Crippen molar-refractivity contribution in [3.05, 3.63) is 56.6 Å². The lowest BCUT2D eigenvalue weighted by atomic mass is 9.76. The van der Waals surface area contributed by atoms with Gasteiger partial charge in [-0.25, -0.2) is 0 Å². The monoisotopic (exact) mass is 413 g/mol. The summed E-state index contributed by atoms with van der Waals surface area (Å²) >= 11 is 8.31. The molecule has 110 valence electrons. The third kappa shape index (κ3) is 3.46. The number of anilines is 1. The summed E-state index contributed by atoms with van der Waals surface area (Å²) in [5.41, 5.74) is 2.58. The quantitative estimate of drug-likeness (QED) is 0.686. The first-order valence-corrected chi connectivity index (χ1v) is 8.47. The molecule has 1 aliphatic carbocycles. The van der Waals surface area contributed by atoms with Crippen LogP contribution in [-0.2, 0) is 0 Å². The largest absolute Gasteiger partial charge is 0.497 e. The molecule has 3 rings (SSSR count). The minimum atomic E-state index is 0.548. The standard InChI is InChI=1S/C17H17ClINO/c1-21-15-5-2-11(3-6-15)12-8-14(9-12)20-17-7-4-13(18)10-16(17)19/h2-7,10,12,14,20H,8-9H2,1H3. The van der Waals surface area contributed by atoms with E-state index in [1.807, 2.05) is 24.3 Å². The first-order valence-electron chi connectivity index (χ1n) is 7.01. The van der Waals surface area contributed by atoms with Gasteiger partial charge < -0.3 is 10.1 Å². The van der Waals surface area contributed by atoms with Gasteiger partial charge in [0.1, 0.15) is 5.75 Å². The highest BCUT2D eigenvalue weighted by atomic mass is 127. The van der Waals surface area contributed by atoms with Crippen LogP contribution < -0.4 is 10.1 Å². The Bertz CT molecular complexity index is 623. The fourth-order valence-corrected chi connectivity index (χ4v) is 3.74. The van der Waals surface area contributed by atoms with Crippen LogP contribution in [0.3, 0.4) is 0 Å². The maximum atomic E-state index is 5.99. The topological polar surface area (TPSA) is 21.3 Å². The molecule has 2 aromatic carbocycles. The minimum Gasteiger partial charge on any atom is -0.497 e. The highest BCUT2D eigenvalue weighted by Gasteiger charge is 2.30. The molecule has 4 heteroatoms. The summed E-state index contributed by atoms with van der Waals surface area (Å²) in [6.45, 7) is 0. The van der Waals surface area contributed by atoms with Crippen molar-refractivity contribution in [3.8, 4) is 5.75 Å². The van der Waals surface area contributed by atoms with Crippen molar-refractivity contribution in [2.45, 2.75) is 24.8 Å². The van der Waals surface area contributed by atoms with E-state index >= 15 is 0 Å². The fourth-order valence-electron chi connectivity index (χ4n) is 2.71. The molecule has 0 aliphatic heterocycles. The van der Waals surface area contributed by atoms with Crippen molar-refractivity contribution in [2.75, 3.05) is 12.4 Å². The molecule has 0 amide bonds. The molecule has 0 aromatic heterocycles. The molecular formula is C17H17ClINO. The molecule has 2 aromatic rings. The number of hydrogen-bond donors (Lipinski definition) is 1. The second-order valence-corrected chi connectivity index (χ2v) is 7.01. The van der Waals surface area contributed by atoms with Crippen molar-refractivity contribution in [1.29, 1.82) is 0 Å². The molecule has 0 unspecified atom stereocenters. The minimum absolute atomic E-state index is 0.548. The normalized spacial score (nSPS) is 20.7. The molecule has 1 aliphatic rings. The van der Waals surface area contributed by atoms with Gasteiger partial charge in [0.25, 0.3) is 0 Å². The van der Waals surface area contributed by atoms with Crippen LogP contribution in [-0.4, -0.2) is 13.2 Å². The van der Waals surface area contributed by atoms with E-state index < -0.39 is 0 Å². The van der Waals surface area contributed by atoms with Crippen LogP contribution in [0.1, 0.15) is 24.3 Å². The van der Waals surface area contributed by atoms with Gasteiger partial charge in [0, 0.05) is 20.3 Å². The zero-order chi connectivity index (χ0) is 14.8. The maximum absolute atomic E-state index is 5.99. The smallest absolute Gasteiger partial charge is 0.118 e. The van der Waals surface area contributed by atoms with E-state index in [0.717, 1.165) is 10.8 Å². The Morgan fingerprint density at radius 2 is 1.86 bits per heavy atom. The fraction of sp³-hybridized carbons (Fsp3) is 0.294. The third-order valence-electron chi connectivity index (χ3n) is 4.02. The number of rotatable bonds is 4. The summed E-state index contributed by atoms with van der Waals surface area (Å²) in [5.74, 6) is 1.57. The van der Waals surface area contributed by atoms with E-state index in [4.69, 9.17) is 16.3 Å². The highest BCUT2D eigenvalue weighted by molar-refractivity contribution is 14.1. The van der Waals surface area contributed by atoms with Crippen LogP contribution in [0.5, 0.6) is 5.75 Å². The van der Waals surface area contributed by atoms with Crippen molar-refractivity contribution in [3.63, 3.8) is 0 Å². The first kappa shape index (κ1) is 15.0. The van der Waals surface area contributed by atoms with Crippen LogP contribution in [0.2, 0.25) is 5.02 Å². The average Bonchev–Trinajstić information content (AvgIpc) is 2.44. The van der Waals surface area contributed by atoms with Gasteiger partial charge in [-0.3, -0.25) is 0 Å². The third-order valence-corrected chi connectivity index (χ3v) is 5.14. The second kappa shape index (κ2) is 6.44. The van der Waals surface area contributed by atoms with Crippen LogP contribution in [0.25, 0.3) is 0 Å². The zero-order valence-corrected chi connectivity index (χ0v) is 14.7. The lowest BCUT2D eigenvalue weighted by molar-refractivity contribution is 0.373. The summed E-state index contributed by atoms with van der Waals surface area (Å²) in [6.07, 6.45) is 2.34. The molecule has 0 heterocycles. The molecule has 0 saturated heterocycles. The molecule has 1 saturated carbocycles. The predicted molar refractivity (Wildman–Crippen MR) is 96.5 cm³/mol. The van der Waals surface area contributed by atoms with Gasteiger partial charge in [-0.1, -0.05) is 23.7 Å². The molecule has 1 fully saturated rings. The van der Waals surface area contributed by atoms with Gasteiger partial charge in [0.05, 0.1) is 7.11 Å². The molecule has 21 heavy (non-hydrogen) atoms. The summed E-state index contributed by atoms with van der Waals surface area (Å²) in [6, 6.07) is 15.0. The maximum Gasteiger partial charge on any atom is 0.118 e. The van der Waals surface area contributed by atoms with Crippen LogP contribution in [0.4, 0.5) is 5.69 Å². The van der Waals surface area contributed by atoms with Gasteiger partial charge in [-0.15, -0.1) is 0 Å². The van der Waals surface area contributed by atoms with Gasteiger partial charge in [0.2, 0.25) is 0 Å². The zero-order valence-electron chi connectivity index (χ0n) is 11.8. The van der Waals surface area contributed by atoms with Crippen molar-refractivity contribution in [2.24, 2.45) is 0 Å². The number of methoxy groups -OCH3 is 1. The SMILES string of the molecule is COc1ccc(C2CC(Nc3ccc(Cl)cc3I)C2)cc1. The molecule has 0 spiro atoms. The van der Waals surface area contributed by atoms with E-state index in [9.17, 15) is 0 Å². The Labute approximate surface area is 144 Å². The Kier molecular flexibility index (Phi) is 4.60. The van der Waals surface area contributed by atoms with Crippen molar-refractivity contribution >= 4 is 39.9 Å². The van der Waals surface area contributed by atoms with Crippen LogP contribution >= 0.6 is 34.2 Å². The Balaban J connectivity index is 1.57. The number of ether oxygens (including phenoxy) is 1. The summed E-state index contributed by atoms with van der Waals surface area (Å²) in [5, 5.41) is 4.39. The van der Waals surface area contributed by atoms with E-state index in [1.54, 1.807) is 7.11 Å². The molecule has 2 nitrogen and oxygen atoms in total. The Morgan fingerprint density at radius 3 is 2.48 bits per heavy atom. The van der Waals surface area contributed by atoms with Crippen LogP contribution in [0.15, 0.2) is 42.5 Å². The van der Waals surface area contributed by atoms with E-state index in [1.165, 1.54) is 27.7 Å². The number of halogens is 2. The first-order chi connectivity index (χ1) is 10.2. The van der Waals surface area contributed by atoms with Crippen LogP contribution in [0, 0.1) is 3.57 Å². The van der Waals surface area contributed by atoms with E-state index in [0.29, 0.717) is 12.0 Å². The van der Waals surface area contributed by atoms with E-state index in [2.05, 4.69) is 46.1 Å². The molecule has 1 N–H and O–H groups in total. The Hall–Kier alpha value is -0.940. The molecular weight excluding hydrogens is 397 g/mol. The molecule has 0 radical (unpaired) electrons. The summed E-state index contributed by atoms with van der Waals surface area (Å²) in [4.78, 5) is 0. The number of benzene rings is 2. The average molecular weight is 414 g/mol. The second-order valence-electron chi connectivity index (χ2n) is 5.41. The number of hydrogen-bond acceptors (Lipinski definition) is 2. The van der Waals surface area contributed by atoms with Gasteiger partial charge in [-0.2, -0.15) is 0 Å². The van der Waals surface area contributed by atoms with Gasteiger partial charge in [0.15, 0.2) is 0 Å². The Morgan fingerprint density at radius 1 is 1.14 bits per heavy atom.